The van der Waals surface area contributed by atoms with E-state index in [2.05, 4.69) is 10.4 Å². The minimum absolute atomic E-state index is 0.196. The topological polar surface area (TPSA) is 92.9 Å². The van der Waals surface area contributed by atoms with Crippen molar-refractivity contribution in [2.75, 3.05) is 0 Å². The predicted octanol–water partition coefficient (Wildman–Crippen LogP) is 0.103. The molecule has 1 atom stereocenters. The van der Waals surface area contributed by atoms with Crippen molar-refractivity contribution >= 4 is 5.91 Å². The number of carbonyl (C=O) groups is 1. The van der Waals surface area contributed by atoms with Crippen molar-refractivity contribution in [1.82, 2.24) is 15.1 Å². The van der Waals surface area contributed by atoms with E-state index in [4.69, 9.17) is 5.73 Å². The second-order valence-electron chi connectivity index (χ2n) is 5.99. The van der Waals surface area contributed by atoms with Crippen LogP contribution in [0.15, 0.2) is 10.9 Å². The Balaban J connectivity index is 1.57. The molecule has 3 rings (SSSR count). The van der Waals surface area contributed by atoms with Crippen LogP contribution in [0.4, 0.5) is 0 Å². The van der Waals surface area contributed by atoms with Gasteiger partial charge in [-0.15, -0.1) is 0 Å². The minimum atomic E-state index is -0.197. The Kier molecular flexibility index (Phi) is 2.78. The number of nitrogens with two attached hydrogens (primary N) is 1. The van der Waals surface area contributed by atoms with Gasteiger partial charge in [-0.3, -0.25) is 19.4 Å². The molecule has 0 bridgehead atoms. The number of H-pyrrole nitrogens is 1. The van der Waals surface area contributed by atoms with E-state index in [1.165, 1.54) is 10.7 Å². The highest BCUT2D eigenvalue weighted by Gasteiger charge is 2.52. The maximum absolute atomic E-state index is 12.0. The molecule has 1 amide bonds. The molecule has 1 aromatic heterocycles. The molecular weight excluding hydrogens is 244 g/mol. The second kappa shape index (κ2) is 4.23. The van der Waals surface area contributed by atoms with Gasteiger partial charge in [0.2, 0.25) is 0 Å². The lowest BCUT2D eigenvalue weighted by molar-refractivity contribution is 0.0913. The zero-order chi connectivity index (χ0) is 13.6. The van der Waals surface area contributed by atoms with Gasteiger partial charge >= 0.3 is 0 Å². The third-order valence-corrected chi connectivity index (χ3v) is 4.70. The molecule has 4 N–H and O–H groups in total. The van der Waals surface area contributed by atoms with E-state index in [-0.39, 0.29) is 17.5 Å². The SMILES string of the molecule is Cn1[nH]c(C(=O)NC2CCC3(CC2)CC3N)cc1=O. The summed E-state index contributed by atoms with van der Waals surface area (Å²) in [5, 5.41) is 5.73. The van der Waals surface area contributed by atoms with Crippen molar-refractivity contribution in [3.8, 4) is 0 Å². The molecule has 2 aliphatic rings. The molecule has 1 unspecified atom stereocenters. The number of hydrogen-bond donors (Lipinski definition) is 3. The normalized spacial score (nSPS) is 33.4. The zero-order valence-electron chi connectivity index (χ0n) is 11.1. The van der Waals surface area contributed by atoms with Crippen molar-refractivity contribution < 1.29 is 4.79 Å². The summed E-state index contributed by atoms with van der Waals surface area (Å²) in [7, 11) is 1.60. The molecule has 1 spiro atoms. The van der Waals surface area contributed by atoms with Crippen molar-refractivity contribution in [3.05, 3.63) is 22.1 Å². The first-order valence-corrected chi connectivity index (χ1v) is 6.83. The van der Waals surface area contributed by atoms with E-state index in [0.717, 1.165) is 32.1 Å². The first kappa shape index (κ1) is 12.5. The molecule has 6 nitrogen and oxygen atoms in total. The Hall–Kier alpha value is -1.56. The molecule has 1 heterocycles. The molecule has 0 aliphatic heterocycles. The van der Waals surface area contributed by atoms with Gasteiger partial charge in [0, 0.05) is 25.2 Å². The van der Waals surface area contributed by atoms with Gasteiger partial charge in [0.1, 0.15) is 5.69 Å². The predicted molar refractivity (Wildman–Crippen MR) is 70.8 cm³/mol. The molecule has 2 saturated carbocycles. The first-order valence-electron chi connectivity index (χ1n) is 6.83. The van der Waals surface area contributed by atoms with E-state index in [0.29, 0.717) is 17.2 Å². The fourth-order valence-corrected chi connectivity index (χ4v) is 3.16. The highest BCUT2D eigenvalue weighted by molar-refractivity contribution is 5.92. The van der Waals surface area contributed by atoms with Crippen LogP contribution in [0.3, 0.4) is 0 Å². The number of nitrogens with zero attached hydrogens (tertiary/aromatic N) is 1. The number of hydrogen-bond acceptors (Lipinski definition) is 3. The Morgan fingerprint density at radius 3 is 2.63 bits per heavy atom. The van der Waals surface area contributed by atoms with Gasteiger partial charge < -0.3 is 11.1 Å². The second-order valence-corrected chi connectivity index (χ2v) is 5.99. The fraction of sp³-hybridized carbons (Fsp3) is 0.692. The highest BCUT2D eigenvalue weighted by atomic mass is 16.2. The van der Waals surface area contributed by atoms with E-state index >= 15 is 0 Å². The quantitative estimate of drug-likeness (QED) is 0.707. The van der Waals surface area contributed by atoms with E-state index < -0.39 is 0 Å². The largest absolute Gasteiger partial charge is 0.348 e. The summed E-state index contributed by atoms with van der Waals surface area (Å²) in [6.45, 7) is 0. The van der Waals surface area contributed by atoms with Crippen LogP contribution in [0.25, 0.3) is 0 Å². The molecule has 0 aromatic carbocycles. The van der Waals surface area contributed by atoms with Gasteiger partial charge in [-0.2, -0.15) is 0 Å². The van der Waals surface area contributed by atoms with Crippen LogP contribution in [0, 0.1) is 5.41 Å². The monoisotopic (exact) mass is 264 g/mol. The molecule has 19 heavy (non-hydrogen) atoms. The average molecular weight is 264 g/mol. The van der Waals surface area contributed by atoms with Crippen LogP contribution in [-0.4, -0.2) is 27.8 Å². The summed E-state index contributed by atoms with van der Waals surface area (Å²) in [5.41, 5.74) is 6.47. The molecule has 104 valence electrons. The number of rotatable bonds is 2. The van der Waals surface area contributed by atoms with Gasteiger partial charge in [0.15, 0.2) is 0 Å². The maximum atomic E-state index is 12.0. The summed E-state index contributed by atoms with van der Waals surface area (Å²) in [4.78, 5) is 23.3. The Labute approximate surface area is 111 Å². The lowest BCUT2D eigenvalue weighted by Gasteiger charge is -2.29. The van der Waals surface area contributed by atoms with Crippen LogP contribution in [0.5, 0.6) is 0 Å². The first-order chi connectivity index (χ1) is 9.00. The van der Waals surface area contributed by atoms with Crippen molar-refractivity contribution in [2.45, 2.75) is 44.2 Å². The standard InChI is InChI=1S/C13H20N4O2/c1-17-11(18)6-9(16-17)12(19)15-8-2-4-13(5-3-8)7-10(13)14/h6,8,10,16H,2-5,7,14H2,1H3,(H,15,19). The van der Waals surface area contributed by atoms with E-state index in [9.17, 15) is 9.59 Å². The third kappa shape index (κ3) is 2.20. The molecule has 6 heteroatoms. The van der Waals surface area contributed by atoms with Gasteiger partial charge in [-0.05, 0) is 37.5 Å². The molecule has 0 saturated heterocycles. The van der Waals surface area contributed by atoms with Gasteiger partial charge in [-0.25, -0.2) is 0 Å². The summed E-state index contributed by atoms with van der Waals surface area (Å²) in [6, 6.07) is 1.90. The minimum Gasteiger partial charge on any atom is -0.348 e. The van der Waals surface area contributed by atoms with Crippen LogP contribution in [0.1, 0.15) is 42.6 Å². The van der Waals surface area contributed by atoms with Crippen molar-refractivity contribution in [3.63, 3.8) is 0 Å². The van der Waals surface area contributed by atoms with Crippen LogP contribution >= 0.6 is 0 Å². The number of nitrogens with one attached hydrogen (secondary N) is 2. The van der Waals surface area contributed by atoms with E-state index in [1.807, 2.05) is 0 Å². The van der Waals surface area contributed by atoms with E-state index in [1.54, 1.807) is 7.05 Å². The van der Waals surface area contributed by atoms with Crippen LogP contribution in [-0.2, 0) is 7.05 Å². The molecule has 2 fully saturated rings. The van der Waals surface area contributed by atoms with Crippen LogP contribution < -0.4 is 16.6 Å². The Morgan fingerprint density at radius 1 is 1.53 bits per heavy atom. The summed E-state index contributed by atoms with van der Waals surface area (Å²) in [6.07, 6.45) is 5.31. The lowest BCUT2D eigenvalue weighted by Crippen LogP contribution is -2.39. The molecule has 1 aromatic rings. The van der Waals surface area contributed by atoms with Gasteiger partial charge in [-0.1, -0.05) is 0 Å². The summed E-state index contributed by atoms with van der Waals surface area (Å²) in [5.74, 6) is -0.196. The Morgan fingerprint density at radius 2 is 2.16 bits per heavy atom. The van der Waals surface area contributed by atoms with Gasteiger partial charge in [0.05, 0.1) is 0 Å². The number of aryl methyl sites for hydroxylation is 1. The number of aromatic nitrogens is 2. The third-order valence-electron chi connectivity index (χ3n) is 4.70. The molecular formula is C13H20N4O2. The van der Waals surface area contributed by atoms with Gasteiger partial charge in [0.25, 0.3) is 11.5 Å². The molecule has 0 radical (unpaired) electrons. The van der Waals surface area contributed by atoms with Crippen molar-refractivity contribution in [1.29, 1.82) is 0 Å². The lowest BCUT2D eigenvalue weighted by atomic mass is 9.83. The Bertz CT molecular complexity index is 551. The maximum Gasteiger partial charge on any atom is 0.269 e. The number of carbonyl (C=O) groups excluding carboxylic acids is 1. The number of amides is 1. The smallest absolute Gasteiger partial charge is 0.269 e. The molecule has 2 aliphatic carbocycles. The highest BCUT2D eigenvalue weighted by Crippen LogP contribution is 2.54. The fourth-order valence-electron chi connectivity index (χ4n) is 3.16. The summed E-state index contributed by atoms with van der Waals surface area (Å²) < 4.78 is 1.30. The van der Waals surface area contributed by atoms with Crippen LogP contribution in [0.2, 0.25) is 0 Å². The number of aromatic amines is 1. The average Bonchev–Trinajstić information content (AvgIpc) is 2.86. The van der Waals surface area contributed by atoms with Crippen molar-refractivity contribution in [2.24, 2.45) is 18.2 Å². The summed E-state index contributed by atoms with van der Waals surface area (Å²) >= 11 is 0. The zero-order valence-corrected chi connectivity index (χ0v) is 11.1.